The Labute approximate surface area is 119 Å². The minimum atomic E-state index is -0.351. The molecule has 2 rings (SSSR count). The molecule has 0 aromatic heterocycles. The Hall–Kier alpha value is -2.04. The number of rotatable bonds is 3. The van der Waals surface area contributed by atoms with Crippen LogP contribution in [0.2, 0.25) is 0 Å². The highest BCUT2D eigenvalue weighted by molar-refractivity contribution is 5.84. The Morgan fingerprint density at radius 1 is 1.35 bits per heavy atom. The quantitative estimate of drug-likeness (QED) is 0.777. The average Bonchev–Trinajstić information content (AvgIpc) is 2.72. The van der Waals surface area contributed by atoms with E-state index in [1.165, 1.54) is 23.7 Å². The van der Waals surface area contributed by atoms with Gasteiger partial charge in [0.1, 0.15) is 0 Å². The van der Waals surface area contributed by atoms with Gasteiger partial charge in [0.25, 0.3) is 0 Å². The summed E-state index contributed by atoms with van der Waals surface area (Å²) in [7, 11) is 1.52. The predicted molar refractivity (Wildman–Crippen MR) is 77.4 cm³/mol. The van der Waals surface area contributed by atoms with Crippen LogP contribution in [0.3, 0.4) is 0 Å². The first-order valence-corrected chi connectivity index (χ1v) is 6.85. The normalized spacial score (nSPS) is 20.1. The molecule has 0 fully saturated rings. The maximum absolute atomic E-state index is 11.9. The van der Waals surface area contributed by atoms with Crippen molar-refractivity contribution >= 4 is 11.9 Å². The molecule has 5 heteroatoms. The van der Waals surface area contributed by atoms with Crippen molar-refractivity contribution in [1.82, 2.24) is 16.0 Å². The van der Waals surface area contributed by atoms with Gasteiger partial charge in [0, 0.05) is 7.05 Å². The molecule has 2 atom stereocenters. The predicted octanol–water partition coefficient (Wildman–Crippen LogP) is 1.27. The SMILES string of the molecule is CNC(=O)NCC(=O)N[C@@H]1c2cc(C)ccc2C[C@@H]1C. The van der Waals surface area contributed by atoms with Crippen molar-refractivity contribution in [3.05, 3.63) is 34.9 Å². The van der Waals surface area contributed by atoms with Gasteiger partial charge >= 0.3 is 6.03 Å². The van der Waals surface area contributed by atoms with Crippen LogP contribution >= 0.6 is 0 Å². The molecule has 3 amide bonds. The molecule has 0 radical (unpaired) electrons. The summed E-state index contributed by atoms with van der Waals surface area (Å²) in [6, 6.07) is 6.05. The molecule has 3 N–H and O–H groups in total. The van der Waals surface area contributed by atoms with Gasteiger partial charge in [0.15, 0.2) is 0 Å². The summed E-state index contributed by atoms with van der Waals surface area (Å²) in [6.45, 7) is 4.17. The molecule has 0 bridgehead atoms. The molecule has 0 saturated carbocycles. The van der Waals surface area contributed by atoms with E-state index < -0.39 is 0 Å². The molecular weight excluding hydrogens is 254 g/mol. The van der Waals surface area contributed by atoms with Crippen molar-refractivity contribution in [2.45, 2.75) is 26.3 Å². The highest BCUT2D eigenvalue weighted by Crippen LogP contribution is 2.36. The zero-order valence-electron chi connectivity index (χ0n) is 12.1. The third-order valence-electron chi connectivity index (χ3n) is 3.70. The van der Waals surface area contributed by atoms with Gasteiger partial charge in [-0.1, -0.05) is 30.7 Å². The summed E-state index contributed by atoms with van der Waals surface area (Å²) in [6.07, 6.45) is 0.976. The van der Waals surface area contributed by atoms with Crippen LogP contribution in [-0.2, 0) is 11.2 Å². The van der Waals surface area contributed by atoms with Crippen molar-refractivity contribution in [3.8, 4) is 0 Å². The first kappa shape index (κ1) is 14.4. The van der Waals surface area contributed by atoms with E-state index in [4.69, 9.17) is 0 Å². The molecule has 0 aliphatic heterocycles. The van der Waals surface area contributed by atoms with Crippen LogP contribution in [0.1, 0.15) is 29.7 Å². The van der Waals surface area contributed by atoms with Crippen molar-refractivity contribution in [1.29, 1.82) is 0 Å². The molecule has 0 unspecified atom stereocenters. The fourth-order valence-electron chi connectivity index (χ4n) is 2.65. The second-order valence-electron chi connectivity index (χ2n) is 5.36. The van der Waals surface area contributed by atoms with Gasteiger partial charge in [0.2, 0.25) is 5.91 Å². The van der Waals surface area contributed by atoms with E-state index in [1.54, 1.807) is 0 Å². The zero-order valence-corrected chi connectivity index (χ0v) is 12.1. The number of benzene rings is 1. The molecule has 0 spiro atoms. The summed E-state index contributed by atoms with van der Waals surface area (Å²) in [5.41, 5.74) is 3.69. The first-order chi connectivity index (χ1) is 9.51. The summed E-state index contributed by atoms with van der Waals surface area (Å²) in [5.74, 6) is 0.204. The minimum absolute atomic E-state index is 0.00988. The lowest BCUT2D eigenvalue weighted by Crippen LogP contribution is -2.42. The number of amides is 3. The van der Waals surface area contributed by atoms with Crippen molar-refractivity contribution in [3.63, 3.8) is 0 Å². The van der Waals surface area contributed by atoms with E-state index in [0.717, 1.165) is 6.42 Å². The van der Waals surface area contributed by atoms with Crippen LogP contribution in [0.4, 0.5) is 4.79 Å². The molecule has 0 saturated heterocycles. The van der Waals surface area contributed by atoms with E-state index in [2.05, 4.69) is 48.0 Å². The Balaban J connectivity index is 2.01. The number of nitrogens with one attached hydrogen (secondary N) is 3. The number of hydrogen-bond acceptors (Lipinski definition) is 2. The number of aryl methyl sites for hydroxylation is 1. The second-order valence-corrected chi connectivity index (χ2v) is 5.36. The van der Waals surface area contributed by atoms with Gasteiger partial charge in [-0.25, -0.2) is 4.79 Å². The van der Waals surface area contributed by atoms with Crippen LogP contribution in [0.5, 0.6) is 0 Å². The Kier molecular flexibility index (Phi) is 4.27. The maximum Gasteiger partial charge on any atom is 0.314 e. The molecule has 1 aliphatic rings. The standard InChI is InChI=1S/C15H21N3O2/c1-9-4-5-11-7-10(2)14(12(11)6-9)18-13(19)8-17-15(20)16-3/h4-6,10,14H,7-8H2,1-3H3,(H,18,19)(H2,16,17,20)/t10-,14-/m0/s1. The summed E-state index contributed by atoms with van der Waals surface area (Å²) in [5, 5.41) is 7.92. The minimum Gasteiger partial charge on any atom is -0.347 e. The second kappa shape index (κ2) is 5.94. The van der Waals surface area contributed by atoms with Gasteiger partial charge in [-0.05, 0) is 30.4 Å². The van der Waals surface area contributed by atoms with Gasteiger partial charge in [-0.2, -0.15) is 0 Å². The summed E-state index contributed by atoms with van der Waals surface area (Å²) < 4.78 is 0. The fourth-order valence-corrected chi connectivity index (χ4v) is 2.65. The Morgan fingerprint density at radius 2 is 2.10 bits per heavy atom. The van der Waals surface area contributed by atoms with Crippen LogP contribution in [-0.4, -0.2) is 25.5 Å². The fraction of sp³-hybridized carbons (Fsp3) is 0.467. The monoisotopic (exact) mass is 275 g/mol. The van der Waals surface area contributed by atoms with E-state index in [9.17, 15) is 9.59 Å². The van der Waals surface area contributed by atoms with E-state index in [1.807, 2.05) is 0 Å². The van der Waals surface area contributed by atoms with Gasteiger partial charge < -0.3 is 16.0 Å². The number of carbonyl (C=O) groups excluding carboxylic acids is 2. The van der Waals surface area contributed by atoms with Crippen LogP contribution in [0.25, 0.3) is 0 Å². The molecule has 1 aromatic carbocycles. The molecule has 108 valence electrons. The summed E-state index contributed by atoms with van der Waals surface area (Å²) >= 11 is 0. The van der Waals surface area contributed by atoms with E-state index >= 15 is 0 Å². The average molecular weight is 275 g/mol. The van der Waals surface area contributed by atoms with Crippen LogP contribution in [0, 0.1) is 12.8 Å². The lowest BCUT2D eigenvalue weighted by atomic mass is 10.0. The molecule has 1 aromatic rings. The number of hydrogen-bond donors (Lipinski definition) is 3. The Bertz CT molecular complexity index is 528. The van der Waals surface area contributed by atoms with Gasteiger partial charge in [-0.3, -0.25) is 4.79 Å². The van der Waals surface area contributed by atoms with Gasteiger partial charge in [0.05, 0.1) is 12.6 Å². The van der Waals surface area contributed by atoms with E-state index in [-0.39, 0.29) is 24.5 Å². The van der Waals surface area contributed by atoms with Crippen molar-refractivity contribution in [2.24, 2.45) is 5.92 Å². The maximum atomic E-state index is 11.9. The summed E-state index contributed by atoms with van der Waals surface area (Å²) in [4.78, 5) is 23.0. The molecule has 0 heterocycles. The number of fused-ring (bicyclic) bond motifs is 1. The Morgan fingerprint density at radius 3 is 2.80 bits per heavy atom. The highest BCUT2D eigenvalue weighted by Gasteiger charge is 2.30. The topological polar surface area (TPSA) is 70.2 Å². The smallest absolute Gasteiger partial charge is 0.314 e. The van der Waals surface area contributed by atoms with Crippen molar-refractivity contribution in [2.75, 3.05) is 13.6 Å². The van der Waals surface area contributed by atoms with Crippen LogP contribution in [0.15, 0.2) is 18.2 Å². The first-order valence-electron chi connectivity index (χ1n) is 6.85. The highest BCUT2D eigenvalue weighted by atomic mass is 16.2. The van der Waals surface area contributed by atoms with Gasteiger partial charge in [-0.15, -0.1) is 0 Å². The zero-order chi connectivity index (χ0) is 14.7. The lowest BCUT2D eigenvalue weighted by molar-refractivity contribution is -0.121. The van der Waals surface area contributed by atoms with Crippen molar-refractivity contribution < 1.29 is 9.59 Å². The lowest BCUT2D eigenvalue weighted by Gasteiger charge is -2.19. The van der Waals surface area contributed by atoms with Crippen LogP contribution < -0.4 is 16.0 Å². The molecule has 1 aliphatic carbocycles. The molecule has 20 heavy (non-hydrogen) atoms. The number of urea groups is 1. The largest absolute Gasteiger partial charge is 0.347 e. The molecular formula is C15H21N3O2. The molecule has 5 nitrogen and oxygen atoms in total. The third kappa shape index (κ3) is 3.10. The number of carbonyl (C=O) groups is 2. The third-order valence-corrected chi connectivity index (χ3v) is 3.70. The van der Waals surface area contributed by atoms with E-state index in [0.29, 0.717) is 5.92 Å².